The molecule has 0 saturated heterocycles. The molecule has 1 rings (SSSR count). The lowest BCUT2D eigenvalue weighted by atomic mass is 10.0. The molecule has 1 unspecified atom stereocenters. The smallest absolute Gasteiger partial charge is 0.00683 e. The Morgan fingerprint density at radius 1 is 1.29 bits per heavy atom. The van der Waals surface area contributed by atoms with Gasteiger partial charge in [-0.2, -0.15) is 11.8 Å². The molecule has 0 spiro atoms. The maximum Gasteiger partial charge on any atom is 0.00683 e. The van der Waals surface area contributed by atoms with E-state index in [0.717, 1.165) is 12.0 Å². The van der Waals surface area contributed by atoms with Crippen LogP contribution in [0.4, 0.5) is 0 Å². The lowest BCUT2D eigenvalue weighted by Crippen LogP contribution is -2.25. The van der Waals surface area contributed by atoms with Crippen LogP contribution in [0.2, 0.25) is 0 Å². The van der Waals surface area contributed by atoms with Gasteiger partial charge in [0.1, 0.15) is 0 Å². The van der Waals surface area contributed by atoms with E-state index in [1.54, 1.807) is 0 Å². The highest BCUT2D eigenvalue weighted by atomic mass is 32.2. The lowest BCUT2D eigenvalue weighted by Gasteiger charge is -2.16. The summed E-state index contributed by atoms with van der Waals surface area (Å²) in [5.74, 6) is 3.56. The molecular formula is C12H25NS. The van der Waals surface area contributed by atoms with Crippen LogP contribution in [-0.2, 0) is 0 Å². The molecule has 1 fully saturated rings. The van der Waals surface area contributed by atoms with Gasteiger partial charge in [-0.1, -0.05) is 20.3 Å². The van der Waals surface area contributed by atoms with E-state index >= 15 is 0 Å². The number of thioether (sulfide) groups is 1. The minimum atomic E-state index is 0.883. The van der Waals surface area contributed by atoms with Gasteiger partial charge in [-0.25, -0.2) is 0 Å². The second-order valence-electron chi connectivity index (χ2n) is 4.32. The summed E-state index contributed by atoms with van der Waals surface area (Å²) in [6.45, 7) is 5.82. The zero-order valence-electron chi connectivity index (χ0n) is 9.72. The first-order chi connectivity index (χ1) is 6.86. The third-order valence-corrected chi connectivity index (χ3v) is 3.78. The Kier molecular flexibility index (Phi) is 6.70. The summed E-state index contributed by atoms with van der Waals surface area (Å²) in [4.78, 5) is 0. The molecule has 1 atom stereocenters. The van der Waals surface area contributed by atoms with Gasteiger partial charge in [0.2, 0.25) is 0 Å². The second-order valence-corrected chi connectivity index (χ2v) is 5.72. The van der Waals surface area contributed by atoms with Crippen molar-refractivity contribution in [2.75, 3.05) is 18.1 Å². The maximum atomic E-state index is 3.66. The fraction of sp³-hybridized carbons (Fsp3) is 1.00. The Morgan fingerprint density at radius 2 is 2.07 bits per heavy atom. The molecule has 0 aromatic carbocycles. The maximum absolute atomic E-state index is 3.66. The Balaban J connectivity index is 2.02. The summed E-state index contributed by atoms with van der Waals surface area (Å²) in [5, 5.41) is 3.66. The van der Waals surface area contributed by atoms with Crippen LogP contribution >= 0.6 is 11.8 Å². The summed E-state index contributed by atoms with van der Waals surface area (Å²) >= 11 is 2.08. The zero-order valence-corrected chi connectivity index (χ0v) is 10.5. The molecule has 0 bridgehead atoms. The van der Waals surface area contributed by atoms with Gasteiger partial charge in [-0.15, -0.1) is 0 Å². The molecule has 14 heavy (non-hydrogen) atoms. The van der Waals surface area contributed by atoms with E-state index < -0.39 is 0 Å². The summed E-state index contributed by atoms with van der Waals surface area (Å²) in [6.07, 6.45) is 7.00. The van der Waals surface area contributed by atoms with Gasteiger partial charge >= 0.3 is 0 Å². The van der Waals surface area contributed by atoms with Gasteiger partial charge in [0.25, 0.3) is 0 Å². The van der Waals surface area contributed by atoms with Crippen LogP contribution in [0, 0.1) is 5.92 Å². The summed E-state index contributed by atoms with van der Waals surface area (Å²) in [6, 6.07) is 0.883. The normalized spacial score (nSPS) is 18.4. The average molecular weight is 215 g/mol. The molecule has 0 aromatic rings. The largest absolute Gasteiger partial charge is 0.314 e. The van der Waals surface area contributed by atoms with E-state index in [9.17, 15) is 0 Å². The Morgan fingerprint density at radius 3 is 2.64 bits per heavy atom. The van der Waals surface area contributed by atoms with Crippen LogP contribution in [0.15, 0.2) is 0 Å². The lowest BCUT2D eigenvalue weighted by molar-refractivity contribution is 0.430. The molecular weight excluding hydrogens is 190 g/mol. The van der Waals surface area contributed by atoms with E-state index in [4.69, 9.17) is 0 Å². The first-order valence-electron chi connectivity index (χ1n) is 6.18. The summed E-state index contributed by atoms with van der Waals surface area (Å²) in [7, 11) is 0. The minimum absolute atomic E-state index is 0.883. The van der Waals surface area contributed by atoms with E-state index in [-0.39, 0.29) is 0 Å². The van der Waals surface area contributed by atoms with E-state index in [2.05, 4.69) is 30.9 Å². The van der Waals surface area contributed by atoms with Gasteiger partial charge in [-0.3, -0.25) is 0 Å². The first kappa shape index (κ1) is 12.4. The van der Waals surface area contributed by atoms with Crippen molar-refractivity contribution in [1.29, 1.82) is 0 Å². The van der Waals surface area contributed by atoms with Crippen LogP contribution in [0.3, 0.4) is 0 Å². The van der Waals surface area contributed by atoms with Crippen molar-refractivity contribution in [2.24, 2.45) is 5.92 Å². The molecule has 0 heterocycles. The van der Waals surface area contributed by atoms with Crippen LogP contribution < -0.4 is 5.32 Å². The van der Waals surface area contributed by atoms with E-state index in [1.807, 2.05) is 0 Å². The Labute approximate surface area is 93.4 Å². The van der Waals surface area contributed by atoms with E-state index in [1.165, 1.54) is 50.2 Å². The molecule has 1 aliphatic rings. The van der Waals surface area contributed by atoms with E-state index in [0.29, 0.717) is 0 Å². The SMILES string of the molecule is CCCC(CCSCC)CNC1CC1. The molecule has 1 aliphatic carbocycles. The first-order valence-corrected chi connectivity index (χ1v) is 7.33. The number of hydrogen-bond acceptors (Lipinski definition) is 2. The quantitative estimate of drug-likeness (QED) is 0.592. The van der Waals surface area contributed by atoms with Gasteiger partial charge in [0.05, 0.1) is 0 Å². The van der Waals surface area contributed by atoms with Gasteiger partial charge in [0.15, 0.2) is 0 Å². The van der Waals surface area contributed by atoms with Crippen LogP contribution in [0.5, 0.6) is 0 Å². The van der Waals surface area contributed by atoms with Crippen LogP contribution in [0.1, 0.15) is 46.0 Å². The molecule has 0 amide bonds. The third kappa shape index (κ3) is 5.92. The topological polar surface area (TPSA) is 12.0 Å². The number of hydrogen-bond donors (Lipinski definition) is 1. The molecule has 2 heteroatoms. The summed E-state index contributed by atoms with van der Waals surface area (Å²) < 4.78 is 0. The minimum Gasteiger partial charge on any atom is -0.314 e. The van der Waals surface area contributed by atoms with Crippen molar-refractivity contribution in [2.45, 2.75) is 52.0 Å². The highest BCUT2D eigenvalue weighted by Crippen LogP contribution is 2.21. The highest BCUT2D eigenvalue weighted by Gasteiger charge is 2.21. The molecule has 84 valence electrons. The van der Waals surface area contributed by atoms with Crippen molar-refractivity contribution in [3.63, 3.8) is 0 Å². The zero-order chi connectivity index (χ0) is 10.2. The molecule has 0 radical (unpaired) electrons. The fourth-order valence-electron chi connectivity index (χ4n) is 1.77. The van der Waals surface area contributed by atoms with Crippen molar-refractivity contribution < 1.29 is 0 Å². The Bertz CT molecular complexity index is 134. The van der Waals surface area contributed by atoms with Crippen LogP contribution in [0.25, 0.3) is 0 Å². The van der Waals surface area contributed by atoms with Gasteiger partial charge in [-0.05, 0) is 49.7 Å². The predicted octanol–water partition coefficient (Wildman–Crippen LogP) is 3.30. The average Bonchev–Trinajstić information content (AvgIpc) is 2.98. The van der Waals surface area contributed by atoms with Crippen molar-refractivity contribution >= 4 is 11.8 Å². The predicted molar refractivity (Wildman–Crippen MR) is 67.0 cm³/mol. The number of nitrogens with one attached hydrogen (secondary N) is 1. The second kappa shape index (κ2) is 7.58. The molecule has 0 aromatic heterocycles. The number of rotatable bonds is 9. The molecule has 1 N–H and O–H groups in total. The standard InChI is InChI=1S/C12H25NS/c1-3-5-11(8-9-14-4-2)10-13-12-6-7-12/h11-13H,3-10H2,1-2H3. The Hall–Kier alpha value is 0.310. The molecule has 1 nitrogen and oxygen atoms in total. The van der Waals surface area contributed by atoms with Crippen molar-refractivity contribution in [1.82, 2.24) is 5.32 Å². The fourth-order valence-corrected chi connectivity index (χ4v) is 2.56. The summed E-state index contributed by atoms with van der Waals surface area (Å²) in [5.41, 5.74) is 0. The van der Waals surface area contributed by atoms with Crippen molar-refractivity contribution in [3.05, 3.63) is 0 Å². The van der Waals surface area contributed by atoms with Crippen molar-refractivity contribution in [3.8, 4) is 0 Å². The monoisotopic (exact) mass is 215 g/mol. The highest BCUT2D eigenvalue weighted by molar-refractivity contribution is 7.99. The molecule has 1 saturated carbocycles. The van der Waals surface area contributed by atoms with Crippen LogP contribution in [-0.4, -0.2) is 24.1 Å². The third-order valence-electron chi connectivity index (χ3n) is 2.84. The molecule has 0 aliphatic heterocycles. The van der Waals surface area contributed by atoms with Gasteiger partial charge < -0.3 is 5.32 Å². The van der Waals surface area contributed by atoms with Gasteiger partial charge in [0, 0.05) is 6.04 Å².